The van der Waals surface area contributed by atoms with Crippen molar-refractivity contribution in [1.82, 2.24) is 5.32 Å². The second kappa shape index (κ2) is 6.01. The maximum Gasteiger partial charge on any atom is 0.254 e. The molecule has 1 amide bonds. The number of amides is 1. The Balaban J connectivity index is 2.13. The first kappa shape index (κ1) is 14.5. The molecule has 20 heavy (non-hydrogen) atoms. The third kappa shape index (κ3) is 3.33. The summed E-state index contributed by atoms with van der Waals surface area (Å²) < 4.78 is 26.3. The number of hydrogen-bond donors (Lipinski definition) is 1. The predicted octanol–water partition coefficient (Wildman–Crippen LogP) is 4.11. The first-order chi connectivity index (χ1) is 9.47. The van der Waals surface area contributed by atoms with Crippen LogP contribution in [0.3, 0.4) is 0 Å². The molecule has 5 heteroatoms. The molecule has 0 aliphatic rings. The molecule has 0 bridgehead atoms. The zero-order chi connectivity index (χ0) is 14.7. The van der Waals surface area contributed by atoms with Gasteiger partial charge in [0.25, 0.3) is 5.91 Å². The first-order valence-electron chi connectivity index (χ1n) is 5.99. The normalized spacial score (nSPS) is 12.0. The fourth-order valence-electron chi connectivity index (χ4n) is 1.78. The van der Waals surface area contributed by atoms with Crippen molar-refractivity contribution in [3.05, 3.63) is 70.2 Å². The van der Waals surface area contributed by atoms with Crippen molar-refractivity contribution in [2.45, 2.75) is 13.0 Å². The largest absolute Gasteiger partial charge is 0.345 e. The first-order valence-corrected chi connectivity index (χ1v) is 6.36. The molecule has 2 nitrogen and oxygen atoms in total. The number of nitrogens with one attached hydrogen (secondary N) is 1. The maximum atomic E-state index is 13.5. The van der Waals surface area contributed by atoms with Gasteiger partial charge in [0.15, 0.2) is 0 Å². The number of hydrogen-bond acceptors (Lipinski definition) is 1. The average Bonchev–Trinajstić information content (AvgIpc) is 2.39. The smallest absolute Gasteiger partial charge is 0.254 e. The molecule has 0 aliphatic carbocycles. The van der Waals surface area contributed by atoms with Crippen molar-refractivity contribution in [2.75, 3.05) is 0 Å². The lowest BCUT2D eigenvalue weighted by Gasteiger charge is -2.14. The highest BCUT2D eigenvalue weighted by atomic mass is 35.5. The molecule has 0 radical (unpaired) electrons. The molecule has 2 aromatic rings. The fourth-order valence-corrected chi connectivity index (χ4v) is 1.91. The van der Waals surface area contributed by atoms with Gasteiger partial charge >= 0.3 is 0 Å². The van der Waals surface area contributed by atoms with Crippen LogP contribution in [0.5, 0.6) is 0 Å². The SMILES string of the molecule is C[C@@H](NC(=O)c1ccc(F)cc1F)c1ccc(Cl)cc1. The molecule has 2 aromatic carbocycles. The Morgan fingerprint density at radius 3 is 2.40 bits per heavy atom. The predicted molar refractivity (Wildman–Crippen MR) is 73.7 cm³/mol. The van der Waals surface area contributed by atoms with Gasteiger partial charge in [-0.15, -0.1) is 0 Å². The van der Waals surface area contributed by atoms with Crippen molar-refractivity contribution in [3.8, 4) is 0 Å². The summed E-state index contributed by atoms with van der Waals surface area (Å²) >= 11 is 5.78. The summed E-state index contributed by atoms with van der Waals surface area (Å²) in [6.45, 7) is 1.77. The van der Waals surface area contributed by atoms with E-state index in [4.69, 9.17) is 11.6 Å². The molecule has 2 rings (SSSR count). The van der Waals surface area contributed by atoms with Gasteiger partial charge in [0.1, 0.15) is 11.6 Å². The molecule has 104 valence electrons. The lowest BCUT2D eigenvalue weighted by Crippen LogP contribution is -2.27. The van der Waals surface area contributed by atoms with Gasteiger partial charge in [-0.3, -0.25) is 4.79 Å². The van der Waals surface area contributed by atoms with Crippen LogP contribution < -0.4 is 5.32 Å². The number of carbonyl (C=O) groups excluding carboxylic acids is 1. The molecule has 0 heterocycles. The van der Waals surface area contributed by atoms with E-state index in [0.717, 1.165) is 17.7 Å². The van der Waals surface area contributed by atoms with E-state index in [1.54, 1.807) is 31.2 Å². The fraction of sp³-hybridized carbons (Fsp3) is 0.133. The highest BCUT2D eigenvalue weighted by Crippen LogP contribution is 2.17. The lowest BCUT2D eigenvalue weighted by molar-refractivity contribution is 0.0935. The van der Waals surface area contributed by atoms with Gasteiger partial charge in [-0.25, -0.2) is 8.78 Å². The van der Waals surface area contributed by atoms with Crippen LogP contribution in [-0.4, -0.2) is 5.91 Å². The van der Waals surface area contributed by atoms with E-state index < -0.39 is 17.5 Å². The Morgan fingerprint density at radius 2 is 1.80 bits per heavy atom. The third-order valence-electron chi connectivity index (χ3n) is 2.89. The molecule has 0 saturated heterocycles. The monoisotopic (exact) mass is 295 g/mol. The standard InChI is InChI=1S/C15H12ClF2NO/c1-9(10-2-4-11(16)5-3-10)19-15(20)13-7-6-12(17)8-14(13)18/h2-9H,1H3,(H,19,20)/t9-/m1/s1. The quantitative estimate of drug-likeness (QED) is 0.907. The zero-order valence-electron chi connectivity index (χ0n) is 10.7. The lowest BCUT2D eigenvalue weighted by atomic mass is 10.1. The summed E-state index contributed by atoms with van der Waals surface area (Å²) in [5.41, 5.74) is 0.650. The van der Waals surface area contributed by atoms with Crippen molar-refractivity contribution in [2.24, 2.45) is 0 Å². The highest BCUT2D eigenvalue weighted by molar-refractivity contribution is 6.30. The number of benzene rings is 2. The van der Waals surface area contributed by atoms with E-state index in [-0.39, 0.29) is 11.6 Å². The minimum Gasteiger partial charge on any atom is -0.345 e. The average molecular weight is 296 g/mol. The highest BCUT2D eigenvalue weighted by Gasteiger charge is 2.15. The Bertz CT molecular complexity index is 628. The van der Waals surface area contributed by atoms with Gasteiger partial charge in [-0.05, 0) is 36.8 Å². The van der Waals surface area contributed by atoms with Gasteiger partial charge in [0.05, 0.1) is 11.6 Å². The van der Waals surface area contributed by atoms with E-state index in [1.165, 1.54) is 0 Å². The van der Waals surface area contributed by atoms with Crippen LogP contribution in [0.2, 0.25) is 5.02 Å². The molecule has 0 fully saturated rings. The van der Waals surface area contributed by atoms with Crippen LogP contribution in [0.4, 0.5) is 8.78 Å². The van der Waals surface area contributed by atoms with Crippen molar-refractivity contribution < 1.29 is 13.6 Å². The summed E-state index contributed by atoms with van der Waals surface area (Å²) in [6, 6.07) is 9.49. The molecule has 1 atom stereocenters. The molecule has 0 aliphatic heterocycles. The molecule has 1 N–H and O–H groups in total. The Labute approximate surface area is 120 Å². The topological polar surface area (TPSA) is 29.1 Å². The minimum atomic E-state index is -0.884. The summed E-state index contributed by atoms with van der Waals surface area (Å²) in [6.07, 6.45) is 0. The molecule has 0 saturated carbocycles. The second-order valence-corrected chi connectivity index (χ2v) is 4.81. The van der Waals surface area contributed by atoms with Crippen molar-refractivity contribution in [1.29, 1.82) is 0 Å². The molecule has 0 spiro atoms. The van der Waals surface area contributed by atoms with Crippen LogP contribution in [0.15, 0.2) is 42.5 Å². The van der Waals surface area contributed by atoms with Gasteiger partial charge in [0, 0.05) is 11.1 Å². The summed E-state index contributed by atoms with van der Waals surface area (Å²) in [7, 11) is 0. The third-order valence-corrected chi connectivity index (χ3v) is 3.15. The van der Waals surface area contributed by atoms with Gasteiger partial charge in [-0.2, -0.15) is 0 Å². The Kier molecular flexibility index (Phi) is 4.35. The molecule has 0 unspecified atom stereocenters. The van der Waals surface area contributed by atoms with E-state index in [1.807, 2.05) is 0 Å². The van der Waals surface area contributed by atoms with Crippen LogP contribution in [-0.2, 0) is 0 Å². The van der Waals surface area contributed by atoms with Crippen molar-refractivity contribution in [3.63, 3.8) is 0 Å². The van der Waals surface area contributed by atoms with Gasteiger partial charge in [0.2, 0.25) is 0 Å². The summed E-state index contributed by atoms with van der Waals surface area (Å²) in [5.74, 6) is -2.19. The summed E-state index contributed by atoms with van der Waals surface area (Å²) in [4.78, 5) is 11.9. The second-order valence-electron chi connectivity index (χ2n) is 4.37. The minimum absolute atomic E-state index is 0.188. The maximum absolute atomic E-state index is 13.5. The van der Waals surface area contributed by atoms with Crippen LogP contribution in [0.1, 0.15) is 28.9 Å². The van der Waals surface area contributed by atoms with Crippen LogP contribution in [0.25, 0.3) is 0 Å². The number of rotatable bonds is 3. The molecule has 0 aromatic heterocycles. The Hall–Kier alpha value is -1.94. The Morgan fingerprint density at radius 1 is 1.15 bits per heavy atom. The molecular weight excluding hydrogens is 284 g/mol. The van der Waals surface area contributed by atoms with Crippen LogP contribution in [0, 0.1) is 11.6 Å². The van der Waals surface area contributed by atoms with E-state index >= 15 is 0 Å². The van der Waals surface area contributed by atoms with Crippen LogP contribution >= 0.6 is 11.6 Å². The van der Waals surface area contributed by atoms with Gasteiger partial charge < -0.3 is 5.32 Å². The van der Waals surface area contributed by atoms with Crippen molar-refractivity contribution >= 4 is 17.5 Å². The summed E-state index contributed by atoms with van der Waals surface area (Å²) in [5, 5.41) is 3.24. The van der Waals surface area contributed by atoms with E-state index in [9.17, 15) is 13.6 Å². The van der Waals surface area contributed by atoms with Gasteiger partial charge in [-0.1, -0.05) is 23.7 Å². The zero-order valence-corrected chi connectivity index (χ0v) is 11.4. The van der Waals surface area contributed by atoms with E-state index in [0.29, 0.717) is 11.1 Å². The molecular formula is C15H12ClF2NO. The number of carbonyl (C=O) groups is 1. The van der Waals surface area contributed by atoms with E-state index in [2.05, 4.69) is 5.32 Å². The number of halogens is 3.